The molecule has 0 aliphatic carbocycles. The highest BCUT2D eigenvalue weighted by atomic mass is 35.5. The molecule has 13 heteroatoms. The zero-order valence-corrected chi connectivity index (χ0v) is 31.8. The molecule has 0 saturated carbocycles. The van der Waals surface area contributed by atoms with E-state index in [0.717, 1.165) is 54.3 Å². The third-order valence-corrected chi connectivity index (χ3v) is 11.9. The van der Waals surface area contributed by atoms with E-state index in [1.807, 2.05) is 51.9 Å². The van der Waals surface area contributed by atoms with Crippen molar-refractivity contribution < 1.29 is 19.5 Å². The minimum absolute atomic E-state index is 0.0482. The number of hydrogen-bond acceptors (Lipinski definition) is 5. The first-order valence-electron chi connectivity index (χ1n) is 18.3. The molecule has 2 amide bonds. The van der Waals surface area contributed by atoms with Crippen LogP contribution in [0.25, 0.3) is 33.4 Å². The number of nitrogens with zero attached hydrogens (tertiary/aromatic N) is 4. The average Bonchev–Trinajstić information content (AvgIpc) is 3.79. The smallest absolute Gasteiger partial charge is 0.335 e. The largest absolute Gasteiger partial charge is 0.478 e. The van der Waals surface area contributed by atoms with Crippen molar-refractivity contribution >= 4 is 74.9 Å². The number of hydrogen-bond donors (Lipinski definition) is 3. The summed E-state index contributed by atoms with van der Waals surface area (Å²) in [4.78, 5) is 52.1. The number of carbonyl (C=O) groups excluding carboxylic acids is 2. The number of aromatic amines is 1. The predicted octanol–water partition coefficient (Wildman–Crippen LogP) is 9.54. The van der Waals surface area contributed by atoms with Gasteiger partial charge < -0.3 is 29.8 Å². The van der Waals surface area contributed by atoms with Crippen molar-refractivity contribution in [3.05, 3.63) is 123 Å². The van der Waals surface area contributed by atoms with Crippen LogP contribution in [0, 0.1) is 0 Å². The van der Waals surface area contributed by atoms with Gasteiger partial charge in [0.05, 0.1) is 40.7 Å². The van der Waals surface area contributed by atoms with Crippen molar-refractivity contribution in [3.63, 3.8) is 0 Å². The Labute approximate surface area is 331 Å². The Hall–Kier alpha value is -5.29. The fourth-order valence-corrected chi connectivity index (χ4v) is 9.35. The summed E-state index contributed by atoms with van der Waals surface area (Å²) < 4.78 is 2.02. The number of carboxylic acids is 1. The molecule has 2 aromatic heterocycles. The molecule has 1 atom stereocenters. The third-order valence-electron chi connectivity index (χ3n) is 11.1. The zero-order valence-electron chi connectivity index (χ0n) is 29.5. The Balaban J connectivity index is 1.15. The highest BCUT2D eigenvalue weighted by molar-refractivity contribution is 6.35. The standard InChI is InChI=1S/C42H35Cl3N6O4/c43-25-10-11-28(30(45)20-25)39-29-19-26(44)21-32-35(29)36(40-37(46-22-51(39)40)23-6-2-1-3-7-23)38(47-32)41(53)48-31-18-24(42(54)55)9-12-33(31)49-16-13-27(14-17-49)50-15-5-4-8-34(50)52/h1-3,6-7,9-12,18-22,27,39,47H,4-5,8,13-17H2,(H,48,53)(H,54,55). The molecule has 10 nitrogen and oxygen atoms in total. The molecule has 55 heavy (non-hydrogen) atoms. The summed E-state index contributed by atoms with van der Waals surface area (Å²) in [6.07, 6.45) is 5.87. The van der Waals surface area contributed by atoms with Crippen LogP contribution < -0.4 is 10.2 Å². The summed E-state index contributed by atoms with van der Waals surface area (Å²) in [5.41, 5.74) is 6.55. The van der Waals surface area contributed by atoms with Gasteiger partial charge in [0.1, 0.15) is 5.69 Å². The number of fused-ring (bicyclic) bond motifs is 2. The summed E-state index contributed by atoms with van der Waals surface area (Å²) in [5.74, 6) is -1.34. The molecular formula is C42H35Cl3N6O4. The van der Waals surface area contributed by atoms with E-state index >= 15 is 0 Å². The number of nitrogens with one attached hydrogen (secondary N) is 2. The average molecular weight is 794 g/mol. The topological polar surface area (TPSA) is 124 Å². The quantitative estimate of drug-likeness (QED) is 0.148. The maximum Gasteiger partial charge on any atom is 0.335 e. The van der Waals surface area contributed by atoms with Crippen LogP contribution in [0.5, 0.6) is 0 Å². The molecule has 0 radical (unpaired) electrons. The summed E-state index contributed by atoms with van der Waals surface area (Å²) >= 11 is 20.0. The van der Waals surface area contributed by atoms with E-state index in [2.05, 4.69) is 15.2 Å². The minimum Gasteiger partial charge on any atom is -0.478 e. The van der Waals surface area contributed by atoms with E-state index in [4.69, 9.17) is 39.8 Å². The predicted molar refractivity (Wildman–Crippen MR) is 216 cm³/mol. The highest BCUT2D eigenvalue weighted by Gasteiger charge is 2.37. The number of amides is 2. The highest BCUT2D eigenvalue weighted by Crippen LogP contribution is 2.51. The number of carboxylic acid groups (broad SMARTS) is 1. The Morgan fingerprint density at radius 2 is 1.67 bits per heavy atom. The molecule has 2 saturated heterocycles. The van der Waals surface area contributed by atoms with Crippen LogP contribution >= 0.6 is 34.8 Å². The minimum atomic E-state index is -1.10. The molecule has 0 spiro atoms. The third kappa shape index (κ3) is 6.22. The van der Waals surface area contributed by atoms with Gasteiger partial charge in [-0.05, 0) is 79.3 Å². The van der Waals surface area contributed by atoms with Gasteiger partial charge in [0.15, 0.2) is 0 Å². The van der Waals surface area contributed by atoms with Gasteiger partial charge in [-0.3, -0.25) is 9.59 Å². The van der Waals surface area contributed by atoms with Gasteiger partial charge in [-0.25, -0.2) is 9.78 Å². The molecule has 278 valence electrons. The summed E-state index contributed by atoms with van der Waals surface area (Å²) in [7, 11) is 0. The lowest BCUT2D eigenvalue weighted by Crippen LogP contribution is -2.49. The van der Waals surface area contributed by atoms with E-state index < -0.39 is 17.9 Å². The van der Waals surface area contributed by atoms with Crippen molar-refractivity contribution in [2.24, 2.45) is 0 Å². The number of rotatable bonds is 7. The summed E-state index contributed by atoms with van der Waals surface area (Å²) in [6, 6.07) is 23.4. The van der Waals surface area contributed by atoms with Crippen LogP contribution in [0.4, 0.5) is 11.4 Å². The number of piperidine rings is 2. The van der Waals surface area contributed by atoms with Gasteiger partial charge in [0.2, 0.25) is 5.91 Å². The number of halogens is 3. The molecule has 2 fully saturated rings. The number of benzene rings is 4. The molecule has 9 rings (SSSR count). The monoisotopic (exact) mass is 792 g/mol. The van der Waals surface area contributed by atoms with Crippen LogP contribution in [-0.2, 0) is 4.79 Å². The molecule has 3 N–H and O–H groups in total. The molecule has 5 heterocycles. The number of anilines is 2. The van der Waals surface area contributed by atoms with Gasteiger partial charge in [0, 0.05) is 69.2 Å². The lowest BCUT2D eigenvalue weighted by Gasteiger charge is -2.41. The van der Waals surface area contributed by atoms with Crippen LogP contribution in [0.1, 0.15) is 70.1 Å². The lowest BCUT2D eigenvalue weighted by atomic mass is 9.87. The van der Waals surface area contributed by atoms with Crippen LogP contribution in [0.15, 0.2) is 85.2 Å². The number of likely N-dealkylation sites (tertiary alicyclic amines) is 1. The fourth-order valence-electron chi connectivity index (χ4n) is 8.61. The van der Waals surface area contributed by atoms with Crippen molar-refractivity contribution in [1.82, 2.24) is 19.4 Å². The molecule has 3 aliphatic heterocycles. The van der Waals surface area contributed by atoms with E-state index in [9.17, 15) is 19.5 Å². The maximum atomic E-state index is 14.8. The molecule has 6 aromatic rings. The lowest BCUT2D eigenvalue weighted by molar-refractivity contribution is -0.136. The van der Waals surface area contributed by atoms with Crippen molar-refractivity contribution in [2.45, 2.75) is 44.2 Å². The van der Waals surface area contributed by atoms with Gasteiger partial charge in [-0.15, -0.1) is 0 Å². The summed E-state index contributed by atoms with van der Waals surface area (Å²) in [5, 5.41) is 15.3. The number of H-pyrrole nitrogens is 1. The molecular weight excluding hydrogens is 759 g/mol. The van der Waals surface area contributed by atoms with E-state index in [1.165, 1.54) is 6.07 Å². The van der Waals surface area contributed by atoms with E-state index in [0.29, 0.717) is 68.4 Å². The molecule has 1 unspecified atom stereocenters. The SMILES string of the molecule is O=C(O)c1ccc(N2CCC(N3CCCCC3=O)CC2)c(NC(=O)c2[nH]c3cc(Cl)cc4c3c2-c2c(-c3ccccc3)ncn2C4c2ccc(Cl)cc2Cl)c1. The van der Waals surface area contributed by atoms with Gasteiger partial charge >= 0.3 is 5.97 Å². The second-order valence-corrected chi connectivity index (χ2v) is 15.6. The van der Waals surface area contributed by atoms with E-state index in [-0.39, 0.29) is 23.2 Å². The van der Waals surface area contributed by atoms with Crippen LogP contribution in [0.2, 0.25) is 15.1 Å². The fraction of sp³-hybridized carbons (Fsp3) is 0.238. The second kappa shape index (κ2) is 14.1. The number of carbonyl (C=O) groups is 3. The van der Waals surface area contributed by atoms with Crippen LogP contribution in [0.3, 0.4) is 0 Å². The van der Waals surface area contributed by atoms with E-state index in [1.54, 1.807) is 36.7 Å². The maximum absolute atomic E-state index is 14.8. The molecule has 0 bridgehead atoms. The Kier molecular flexibility index (Phi) is 9.07. The first kappa shape index (κ1) is 35.4. The van der Waals surface area contributed by atoms with Crippen molar-refractivity contribution in [1.29, 1.82) is 0 Å². The second-order valence-electron chi connectivity index (χ2n) is 14.3. The van der Waals surface area contributed by atoms with Crippen molar-refractivity contribution in [3.8, 4) is 22.5 Å². The summed E-state index contributed by atoms with van der Waals surface area (Å²) in [6.45, 7) is 2.09. The van der Waals surface area contributed by atoms with Crippen LogP contribution in [-0.4, -0.2) is 68.0 Å². The molecule has 3 aliphatic rings. The van der Waals surface area contributed by atoms with Crippen molar-refractivity contribution in [2.75, 3.05) is 29.9 Å². The van der Waals surface area contributed by atoms with Gasteiger partial charge in [0.25, 0.3) is 5.91 Å². The Morgan fingerprint density at radius 1 is 0.873 bits per heavy atom. The van der Waals surface area contributed by atoms with Gasteiger partial charge in [-0.2, -0.15) is 0 Å². The Bertz CT molecular complexity index is 2520. The zero-order chi connectivity index (χ0) is 38.0. The Morgan fingerprint density at radius 3 is 2.42 bits per heavy atom. The number of aromatic carboxylic acids is 1. The number of aromatic nitrogens is 3. The first-order chi connectivity index (χ1) is 26.7. The first-order valence-corrected chi connectivity index (χ1v) is 19.5. The van der Waals surface area contributed by atoms with Gasteiger partial charge in [-0.1, -0.05) is 71.2 Å². The normalized spacial score (nSPS) is 17.1. The molecule has 4 aromatic carbocycles. The number of imidazole rings is 1.